The van der Waals surface area contributed by atoms with Gasteiger partial charge >= 0.3 is 6.01 Å². The van der Waals surface area contributed by atoms with E-state index in [2.05, 4.69) is 30.8 Å². The van der Waals surface area contributed by atoms with Gasteiger partial charge in [-0.2, -0.15) is 0 Å². The summed E-state index contributed by atoms with van der Waals surface area (Å²) >= 11 is 18.9. The van der Waals surface area contributed by atoms with Crippen molar-refractivity contribution in [2.45, 2.75) is 38.9 Å². The minimum Gasteiger partial charge on any atom is -0.508 e. The molecule has 3 aromatic heterocycles. The Morgan fingerprint density at radius 2 is 1.35 bits per heavy atom. The van der Waals surface area contributed by atoms with Crippen molar-refractivity contribution in [3.8, 4) is 57.0 Å². The molecule has 9 rings (SSSR count). The van der Waals surface area contributed by atoms with Gasteiger partial charge < -0.3 is 14.4 Å². The van der Waals surface area contributed by atoms with E-state index >= 15 is 0 Å². The first-order valence-corrected chi connectivity index (χ1v) is 21.7. The zero-order valence-electron chi connectivity index (χ0n) is 34.1. The first-order valence-electron chi connectivity index (χ1n) is 20.6. The zero-order valence-corrected chi connectivity index (χ0v) is 36.3. The Kier molecular flexibility index (Phi) is 12.6. The fraction of sp³-hybridized carbons (Fsp3) is 0.118. The smallest absolute Gasteiger partial charge is 0.302 e. The van der Waals surface area contributed by atoms with Gasteiger partial charge in [-0.25, -0.2) is 14.5 Å². The third-order valence-corrected chi connectivity index (χ3v) is 11.7. The molecule has 0 radical (unpaired) electrons. The molecule has 0 aliphatic heterocycles. The molecule has 3 heterocycles. The number of aryl methyl sites for hydroxylation is 5. The number of hydrogen-bond donors (Lipinski definition) is 1. The van der Waals surface area contributed by atoms with Crippen molar-refractivity contribution in [2.75, 3.05) is 0 Å². The van der Waals surface area contributed by atoms with Gasteiger partial charge in [0.15, 0.2) is 17.6 Å². The summed E-state index contributed by atoms with van der Waals surface area (Å²) in [4.78, 5) is 15.6. The van der Waals surface area contributed by atoms with E-state index in [9.17, 15) is 5.11 Å². The minimum atomic E-state index is 0.209. The van der Waals surface area contributed by atoms with Crippen molar-refractivity contribution in [1.29, 1.82) is 0 Å². The number of halogens is 3. The number of hydrogen-bond acceptors (Lipinski definition) is 5. The number of phenolic OH excluding ortho intramolecular Hbond substituents is 1. The highest BCUT2D eigenvalue weighted by Gasteiger charge is 2.19. The summed E-state index contributed by atoms with van der Waals surface area (Å²) < 4.78 is 14.6. The highest BCUT2D eigenvalue weighted by Crippen LogP contribution is 2.32. The normalized spacial score (nSPS) is 11.2. The molecule has 12 heteroatoms. The topological polar surface area (TPSA) is 83.1 Å². The quantitative estimate of drug-likeness (QED) is 0.0977. The fourth-order valence-corrected chi connectivity index (χ4v) is 8.11. The van der Waals surface area contributed by atoms with Gasteiger partial charge in [0.05, 0.1) is 36.7 Å². The fourth-order valence-electron chi connectivity index (χ4n) is 7.54. The van der Waals surface area contributed by atoms with E-state index < -0.39 is 0 Å². The van der Waals surface area contributed by atoms with Crippen LogP contribution in [0.2, 0.25) is 15.1 Å². The van der Waals surface area contributed by atoms with Crippen molar-refractivity contribution in [3.63, 3.8) is 0 Å². The minimum absolute atomic E-state index is 0.209. The van der Waals surface area contributed by atoms with Crippen molar-refractivity contribution in [3.05, 3.63) is 209 Å². The van der Waals surface area contributed by atoms with Crippen LogP contribution in [0.3, 0.4) is 0 Å². The lowest BCUT2D eigenvalue weighted by atomic mass is 10.1. The molecule has 63 heavy (non-hydrogen) atoms. The van der Waals surface area contributed by atoms with Gasteiger partial charge in [-0.3, -0.25) is 9.40 Å². The number of benzene rings is 6. The lowest BCUT2D eigenvalue weighted by Crippen LogP contribution is -2.35. The summed E-state index contributed by atoms with van der Waals surface area (Å²) in [7, 11) is 0. The van der Waals surface area contributed by atoms with Gasteiger partial charge in [-0.1, -0.05) is 77.3 Å². The predicted molar refractivity (Wildman–Crippen MR) is 249 cm³/mol. The summed E-state index contributed by atoms with van der Waals surface area (Å²) in [6.07, 6.45) is 11.8. The van der Waals surface area contributed by atoms with Gasteiger partial charge in [0.2, 0.25) is 0 Å². The standard InChI is InChI=1S/C51H41Cl3N6O3/c52-42-16-8-36(9-17-42)25-29-60-49(32-56-51(60)62-45-20-12-39(13-21-45)48-31-55-34-57(48)28-26-38-5-1-2-7-47(38)54)40-14-22-46(23-15-40)63-59-33-50(41-10-18-44(61)19-11-41)58(35-59)27-24-37-4-3-6-43(53)30-37/h1-23,30-35H,24-29H2/p+1. The predicted octanol–water partition coefficient (Wildman–Crippen LogP) is 12.2. The first kappa shape index (κ1) is 41.6. The van der Waals surface area contributed by atoms with E-state index in [1.807, 2.05) is 153 Å². The Balaban J connectivity index is 0.935. The molecular formula is C51H42Cl3N6O3+. The summed E-state index contributed by atoms with van der Waals surface area (Å²) in [5, 5.41) is 12.1. The van der Waals surface area contributed by atoms with Crippen molar-refractivity contribution in [2.24, 2.45) is 0 Å². The molecule has 0 spiro atoms. The van der Waals surface area contributed by atoms with E-state index in [0.29, 0.717) is 40.6 Å². The molecule has 9 aromatic rings. The Bertz CT molecular complexity index is 2940. The number of ether oxygens (including phenoxy) is 1. The number of aromatic nitrogens is 6. The molecule has 0 aliphatic rings. The van der Waals surface area contributed by atoms with Crippen LogP contribution in [-0.2, 0) is 38.9 Å². The second kappa shape index (κ2) is 19.1. The zero-order chi connectivity index (χ0) is 43.1. The van der Waals surface area contributed by atoms with Crippen LogP contribution in [-0.4, -0.2) is 28.9 Å². The monoisotopic (exact) mass is 891 g/mol. The Hall–Kier alpha value is -6.78. The largest absolute Gasteiger partial charge is 0.508 e. The van der Waals surface area contributed by atoms with Crippen LogP contribution in [0.1, 0.15) is 16.7 Å². The van der Waals surface area contributed by atoms with E-state index in [-0.39, 0.29) is 5.75 Å². The maximum atomic E-state index is 9.95. The highest BCUT2D eigenvalue weighted by molar-refractivity contribution is 6.31. The average Bonchev–Trinajstić information content (AvgIpc) is 4.05. The summed E-state index contributed by atoms with van der Waals surface area (Å²) in [5.41, 5.74) is 9.16. The number of phenols is 1. The molecule has 9 nitrogen and oxygen atoms in total. The van der Waals surface area contributed by atoms with Crippen LogP contribution in [0, 0.1) is 0 Å². The van der Waals surface area contributed by atoms with Crippen molar-refractivity contribution in [1.82, 2.24) is 23.8 Å². The summed E-state index contributed by atoms with van der Waals surface area (Å²) in [6.45, 7) is 2.06. The summed E-state index contributed by atoms with van der Waals surface area (Å²) in [5.74, 6) is 1.53. The van der Waals surface area contributed by atoms with E-state index in [1.165, 1.54) is 0 Å². The lowest BCUT2D eigenvalue weighted by molar-refractivity contribution is -0.686. The second-order valence-electron chi connectivity index (χ2n) is 15.1. The van der Waals surface area contributed by atoms with Crippen molar-refractivity contribution >= 4 is 34.8 Å². The summed E-state index contributed by atoms with van der Waals surface area (Å²) in [6, 6.07) is 47.3. The van der Waals surface area contributed by atoms with Crippen LogP contribution >= 0.6 is 34.8 Å². The molecule has 0 bridgehead atoms. The van der Waals surface area contributed by atoms with Crippen LogP contribution in [0.25, 0.3) is 33.8 Å². The lowest BCUT2D eigenvalue weighted by Gasteiger charge is -2.14. The molecule has 1 N–H and O–H groups in total. The van der Waals surface area contributed by atoms with Gasteiger partial charge in [0.25, 0.3) is 6.33 Å². The van der Waals surface area contributed by atoms with Gasteiger partial charge in [-0.15, -0.1) is 0 Å². The molecule has 0 atom stereocenters. The van der Waals surface area contributed by atoms with Crippen LogP contribution in [0.4, 0.5) is 0 Å². The number of nitrogens with zero attached hydrogens (tertiary/aromatic N) is 6. The van der Waals surface area contributed by atoms with Gasteiger partial charge in [0.1, 0.15) is 11.5 Å². The van der Waals surface area contributed by atoms with Gasteiger partial charge in [0, 0.05) is 51.3 Å². The van der Waals surface area contributed by atoms with E-state index in [4.69, 9.17) is 49.4 Å². The molecule has 0 aliphatic carbocycles. The van der Waals surface area contributed by atoms with Crippen LogP contribution < -0.4 is 14.1 Å². The molecule has 0 unspecified atom stereocenters. The molecule has 314 valence electrons. The van der Waals surface area contributed by atoms with E-state index in [0.717, 1.165) is 81.3 Å². The molecule has 6 aromatic carbocycles. The van der Waals surface area contributed by atoms with Crippen LogP contribution in [0.5, 0.6) is 23.3 Å². The molecule has 0 saturated heterocycles. The molecule has 0 fully saturated rings. The Morgan fingerprint density at radius 3 is 2.11 bits per heavy atom. The maximum Gasteiger partial charge on any atom is 0.302 e. The third-order valence-electron chi connectivity index (χ3n) is 10.9. The number of aromatic hydroxyl groups is 1. The number of rotatable bonds is 16. The second-order valence-corrected chi connectivity index (χ2v) is 16.4. The molecule has 0 amide bonds. The highest BCUT2D eigenvalue weighted by atomic mass is 35.5. The Labute approximate surface area is 380 Å². The SMILES string of the molecule is Oc1ccc(-c2cn(Oc3ccc(-c4cnc(Oc5ccc(-c6cncn6CCc6ccccc6Cl)cc5)n4CCc4ccc(Cl)cc4)cc3)c[n+]2CCc2cccc(Cl)c2)cc1. The Morgan fingerprint density at radius 1 is 0.619 bits per heavy atom. The van der Waals surface area contributed by atoms with Crippen LogP contribution in [0.15, 0.2) is 177 Å². The third kappa shape index (κ3) is 10.1. The molecule has 0 saturated carbocycles. The number of imidazole rings is 3. The first-order chi connectivity index (χ1) is 30.8. The average molecular weight is 893 g/mol. The maximum absolute atomic E-state index is 9.95. The van der Waals surface area contributed by atoms with E-state index in [1.54, 1.807) is 16.9 Å². The van der Waals surface area contributed by atoms with Gasteiger partial charge in [-0.05, 0) is 137 Å². The van der Waals surface area contributed by atoms with Crippen molar-refractivity contribution < 1.29 is 19.2 Å². The molecular weight excluding hydrogens is 851 g/mol.